The van der Waals surface area contributed by atoms with Crippen molar-refractivity contribution >= 4 is 0 Å². The Morgan fingerprint density at radius 2 is 2.21 bits per heavy atom. The van der Waals surface area contributed by atoms with Crippen molar-refractivity contribution in [3.8, 4) is 0 Å². The van der Waals surface area contributed by atoms with E-state index in [0.717, 1.165) is 18.4 Å². The van der Waals surface area contributed by atoms with Gasteiger partial charge in [-0.1, -0.05) is 32.8 Å². The number of hydrogen-bond donors (Lipinski definition) is 1. The van der Waals surface area contributed by atoms with Crippen molar-refractivity contribution in [2.75, 3.05) is 0 Å². The van der Waals surface area contributed by atoms with Crippen molar-refractivity contribution < 1.29 is 4.74 Å². The predicted octanol–water partition coefficient (Wildman–Crippen LogP) is 3.46. The van der Waals surface area contributed by atoms with E-state index < -0.39 is 0 Å². The summed E-state index contributed by atoms with van der Waals surface area (Å²) in [6, 6.07) is 4.07. The van der Waals surface area contributed by atoms with Gasteiger partial charge in [0.2, 0.25) is 0 Å². The van der Waals surface area contributed by atoms with Gasteiger partial charge >= 0.3 is 0 Å². The molecule has 106 valence electrons. The average Bonchev–Trinajstić information content (AvgIpc) is 2.46. The lowest BCUT2D eigenvalue weighted by atomic mass is 9.87. The third-order valence-corrected chi connectivity index (χ3v) is 4.23. The summed E-state index contributed by atoms with van der Waals surface area (Å²) >= 11 is 0. The van der Waals surface area contributed by atoms with Crippen LogP contribution in [-0.4, -0.2) is 17.1 Å². The molecule has 0 bridgehead atoms. The van der Waals surface area contributed by atoms with Crippen LogP contribution in [0, 0.1) is 5.92 Å². The lowest BCUT2D eigenvalue weighted by Gasteiger charge is -2.34. The molecular formula is C16H26N2O. The SMILES string of the molecule is CCC(N)C(OC1CCCCC1C)c1cccnc1. The van der Waals surface area contributed by atoms with Crippen molar-refractivity contribution in [2.45, 2.75) is 64.2 Å². The van der Waals surface area contributed by atoms with Crippen LogP contribution in [0.2, 0.25) is 0 Å². The van der Waals surface area contributed by atoms with E-state index in [-0.39, 0.29) is 12.1 Å². The van der Waals surface area contributed by atoms with Gasteiger partial charge in [0.1, 0.15) is 0 Å². The largest absolute Gasteiger partial charge is 0.368 e. The maximum atomic E-state index is 6.38. The highest BCUT2D eigenvalue weighted by Gasteiger charge is 2.28. The Bertz CT molecular complexity index is 368. The van der Waals surface area contributed by atoms with Gasteiger partial charge in [0, 0.05) is 24.0 Å². The molecule has 0 aromatic carbocycles. The van der Waals surface area contributed by atoms with Crippen LogP contribution in [0.15, 0.2) is 24.5 Å². The molecule has 1 fully saturated rings. The number of rotatable bonds is 5. The van der Waals surface area contributed by atoms with E-state index in [4.69, 9.17) is 10.5 Å². The van der Waals surface area contributed by atoms with Gasteiger partial charge in [-0.2, -0.15) is 0 Å². The Hall–Kier alpha value is -0.930. The summed E-state index contributed by atoms with van der Waals surface area (Å²) in [6.07, 6.45) is 9.95. The summed E-state index contributed by atoms with van der Waals surface area (Å²) in [5.41, 5.74) is 7.37. The Kier molecular flexibility index (Phi) is 5.34. The summed E-state index contributed by atoms with van der Waals surface area (Å²) in [7, 11) is 0. The number of aromatic nitrogens is 1. The van der Waals surface area contributed by atoms with Gasteiger partial charge in [-0.25, -0.2) is 0 Å². The first-order valence-electron chi connectivity index (χ1n) is 7.53. The minimum absolute atomic E-state index is 0.0238. The molecule has 3 nitrogen and oxygen atoms in total. The van der Waals surface area contributed by atoms with E-state index in [9.17, 15) is 0 Å². The third kappa shape index (κ3) is 3.77. The average molecular weight is 262 g/mol. The molecule has 1 heterocycles. The Labute approximate surface area is 116 Å². The van der Waals surface area contributed by atoms with Crippen molar-refractivity contribution in [1.82, 2.24) is 4.98 Å². The Morgan fingerprint density at radius 1 is 1.42 bits per heavy atom. The molecule has 1 aromatic rings. The molecule has 0 saturated heterocycles. The topological polar surface area (TPSA) is 48.1 Å². The van der Waals surface area contributed by atoms with Gasteiger partial charge in [0.25, 0.3) is 0 Å². The third-order valence-electron chi connectivity index (χ3n) is 4.23. The molecule has 1 aliphatic carbocycles. The first-order chi connectivity index (χ1) is 9.22. The quantitative estimate of drug-likeness (QED) is 0.884. The fraction of sp³-hybridized carbons (Fsp3) is 0.688. The molecule has 1 aromatic heterocycles. The highest BCUT2D eigenvalue weighted by atomic mass is 16.5. The zero-order chi connectivity index (χ0) is 13.7. The monoisotopic (exact) mass is 262 g/mol. The molecule has 19 heavy (non-hydrogen) atoms. The summed E-state index contributed by atoms with van der Waals surface area (Å²) in [6.45, 7) is 4.41. The van der Waals surface area contributed by atoms with E-state index in [1.54, 1.807) is 6.20 Å². The second-order valence-electron chi connectivity index (χ2n) is 5.72. The molecule has 3 heteroatoms. The van der Waals surface area contributed by atoms with Gasteiger partial charge in [-0.05, 0) is 31.2 Å². The van der Waals surface area contributed by atoms with Crippen LogP contribution in [0.5, 0.6) is 0 Å². The minimum atomic E-state index is -0.0238. The second kappa shape index (κ2) is 7.01. The van der Waals surface area contributed by atoms with Gasteiger partial charge in [-0.15, -0.1) is 0 Å². The van der Waals surface area contributed by atoms with Gasteiger partial charge in [0.05, 0.1) is 12.2 Å². The van der Waals surface area contributed by atoms with Gasteiger partial charge in [-0.3, -0.25) is 4.98 Å². The molecule has 1 aliphatic rings. The minimum Gasteiger partial charge on any atom is -0.368 e. The molecule has 0 radical (unpaired) electrons. The lowest BCUT2D eigenvalue weighted by molar-refractivity contribution is -0.0678. The van der Waals surface area contributed by atoms with Crippen LogP contribution in [0.1, 0.15) is 57.6 Å². The van der Waals surface area contributed by atoms with Crippen LogP contribution in [0.25, 0.3) is 0 Å². The Balaban J connectivity index is 2.10. The maximum absolute atomic E-state index is 6.38. The van der Waals surface area contributed by atoms with Crippen molar-refractivity contribution in [3.05, 3.63) is 30.1 Å². The zero-order valence-electron chi connectivity index (χ0n) is 12.1. The van der Waals surface area contributed by atoms with E-state index in [2.05, 4.69) is 24.9 Å². The van der Waals surface area contributed by atoms with Gasteiger partial charge in [0.15, 0.2) is 0 Å². The Morgan fingerprint density at radius 3 is 2.84 bits per heavy atom. The summed E-state index contributed by atoms with van der Waals surface area (Å²) in [4.78, 5) is 4.20. The normalized spacial score (nSPS) is 26.9. The number of nitrogens with two attached hydrogens (primary N) is 1. The number of ether oxygens (including phenoxy) is 1. The zero-order valence-corrected chi connectivity index (χ0v) is 12.1. The molecule has 0 aliphatic heterocycles. The summed E-state index contributed by atoms with van der Waals surface area (Å²) in [5, 5.41) is 0. The standard InChI is InChI=1S/C16H26N2O/c1-3-14(17)16(13-8-6-10-18-11-13)19-15-9-5-4-7-12(15)2/h6,8,10-12,14-16H,3-5,7,9,17H2,1-2H3. The molecule has 1 saturated carbocycles. The summed E-state index contributed by atoms with van der Waals surface area (Å²) in [5.74, 6) is 0.636. The van der Waals surface area contributed by atoms with Crippen LogP contribution in [0.3, 0.4) is 0 Å². The number of nitrogens with zero attached hydrogens (tertiary/aromatic N) is 1. The predicted molar refractivity (Wildman–Crippen MR) is 77.7 cm³/mol. The second-order valence-corrected chi connectivity index (χ2v) is 5.72. The summed E-state index contributed by atoms with van der Waals surface area (Å²) < 4.78 is 6.38. The first kappa shape index (κ1) is 14.5. The van der Waals surface area contributed by atoms with E-state index >= 15 is 0 Å². The van der Waals surface area contributed by atoms with Crippen LogP contribution in [0.4, 0.5) is 0 Å². The number of pyridine rings is 1. The first-order valence-corrected chi connectivity index (χ1v) is 7.53. The maximum Gasteiger partial charge on any atom is 0.0994 e. The fourth-order valence-electron chi connectivity index (χ4n) is 2.86. The highest BCUT2D eigenvalue weighted by Crippen LogP contribution is 2.32. The van der Waals surface area contributed by atoms with E-state index in [1.165, 1.54) is 19.3 Å². The molecular weight excluding hydrogens is 236 g/mol. The highest BCUT2D eigenvalue weighted by molar-refractivity contribution is 5.14. The number of hydrogen-bond acceptors (Lipinski definition) is 3. The molecule has 0 amide bonds. The van der Waals surface area contributed by atoms with E-state index in [0.29, 0.717) is 12.0 Å². The van der Waals surface area contributed by atoms with Crippen LogP contribution >= 0.6 is 0 Å². The van der Waals surface area contributed by atoms with Crippen molar-refractivity contribution in [2.24, 2.45) is 11.7 Å². The molecule has 4 unspecified atom stereocenters. The van der Waals surface area contributed by atoms with Crippen LogP contribution in [-0.2, 0) is 4.74 Å². The van der Waals surface area contributed by atoms with E-state index in [1.807, 2.05) is 12.3 Å². The fourth-order valence-corrected chi connectivity index (χ4v) is 2.86. The molecule has 0 spiro atoms. The smallest absolute Gasteiger partial charge is 0.0994 e. The molecule has 2 N–H and O–H groups in total. The van der Waals surface area contributed by atoms with Crippen molar-refractivity contribution in [1.29, 1.82) is 0 Å². The van der Waals surface area contributed by atoms with Gasteiger partial charge < -0.3 is 10.5 Å². The molecule has 4 atom stereocenters. The lowest BCUT2D eigenvalue weighted by Crippen LogP contribution is -2.35. The van der Waals surface area contributed by atoms with Crippen molar-refractivity contribution in [3.63, 3.8) is 0 Å². The molecule has 2 rings (SSSR count). The van der Waals surface area contributed by atoms with Crippen LogP contribution < -0.4 is 5.73 Å².